The minimum Gasteiger partial charge on any atom is -0.386 e. The Labute approximate surface area is 126 Å². The van der Waals surface area contributed by atoms with Crippen molar-refractivity contribution >= 4 is 34.2 Å². The molecule has 7 nitrogen and oxygen atoms in total. The Morgan fingerprint density at radius 3 is 2.40 bits per heavy atom. The topological polar surface area (TPSA) is 119 Å². The largest absolute Gasteiger partial charge is 0.386 e. The molecule has 0 radical (unpaired) electrons. The van der Waals surface area contributed by atoms with E-state index in [-0.39, 0.29) is 24.1 Å². The third-order valence-electron chi connectivity index (χ3n) is 2.97. The fourth-order valence-electron chi connectivity index (χ4n) is 2.06. The Morgan fingerprint density at radius 2 is 1.90 bits per heavy atom. The minimum atomic E-state index is -3.45. The molecule has 0 unspecified atom stereocenters. The van der Waals surface area contributed by atoms with Crippen LogP contribution in [0.5, 0.6) is 0 Å². The number of hydrogen-bond donors (Lipinski definition) is 2. The van der Waals surface area contributed by atoms with Crippen LogP contribution in [0.1, 0.15) is 32.1 Å². The van der Waals surface area contributed by atoms with Gasteiger partial charge in [-0.15, -0.1) is 12.4 Å². The van der Waals surface area contributed by atoms with Crippen molar-refractivity contribution in [3.8, 4) is 0 Å². The summed E-state index contributed by atoms with van der Waals surface area (Å²) in [7, 11) is -3.45. The van der Waals surface area contributed by atoms with Crippen LogP contribution in [0.3, 0.4) is 0 Å². The fourth-order valence-corrected chi connectivity index (χ4v) is 2.57. The van der Waals surface area contributed by atoms with Gasteiger partial charge in [-0.05, 0) is 25.7 Å². The normalized spacial score (nSPS) is 17.7. The Morgan fingerprint density at radius 1 is 1.35 bits per heavy atom. The van der Waals surface area contributed by atoms with E-state index in [1.54, 1.807) is 4.90 Å². The molecule has 9 heteroatoms. The first-order valence-corrected chi connectivity index (χ1v) is 8.23. The first-order valence-electron chi connectivity index (χ1n) is 6.38. The third kappa shape index (κ3) is 7.06. The molecule has 1 rings (SSSR count). The third-order valence-corrected chi connectivity index (χ3v) is 3.53. The molecular weight excluding hydrogens is 304 g/mol. The zero-order chi connectivity index (χ0) is 14.5. The van der Waals surface area contributed by atoms with E-state index in [4.69, 9.17) is 11.5 Å². The standard InChI is InChI=1S/C11H22N4O3S.ClH/c1-19(17,18)14-10(13)6-4-5-9(12)11(16)15-7-2-3-8-15;/h9H,2-8,12H2,1H3,(H2,13,14);1H/t9-;/m0./s1. The molecule has 0 saturated carbocycles. The van der Waals surface area contributed by atoms with Gasteiger partial charge < -0.3 is 16.4 Å². The molecule has 1 heterocycles. The summed E-state index contributed by atoms with van der Waals surface area (Å²) in [6.45, 7) is 1.56. The summed E-state index contributed by atoms with van der Waals surface area (Å²) in [6.07, 6.45) is 4.41. The van der Waals surface area contributed by atoms with Crippen LogP contribution < -0.4 is 11.5 Å². The highest BCUT2D eigenvalue weighted by Crippen LogP contribution is 2.11. The van der Waals surface area contributed by atoms with Gasteiger partial charge in [-0.1, -0.05) is 0 Å². The van der Waals surface area contributed by atoms with E-state index in [9.17, 15) is 13.2 Å². The van der Waals surface area contributed by atoms with Crippen LogP contribution in [0.4, 0.5) is 0 Å². The number of rotatable bonds is 6. The summed E-state index contributed by atoms with van der Waals surface area (Å²) in [4.78, 5) is 13.7. The second kappa shape index (κ2) is 8.43. The minimum absolute atomic E-state index is 0. The lowest BCUT2D eigenvalue weighted by Crippen LogP contribution is -2.42. The summed E-state index contributed by atoms with van der Waals surface area (Å²) in [6, 6.07) is -0.538. The maximum atomic E-state index is 11.9. The second-order valence-electron chi connectivity index (χ2n) is 4.85. The number of amidine groups is 1. The van der Waals surface area contributed by atoms with Crippen LogP contribution in [0.15, 0.2) is 4.40 Å². The SMILES string of the molecule is CS(=O)(=O)N=C(N)CCC[C@H](N)C(=O)N1CCCC1.Cl. The highest BCUT2D eigenvalue weighted by molar-refractivity contribution is 7.89. The van der Waals surface area contributed by atoms with Crippen molar-refractivity contribution < 1.29 is 13.2 Å². The molecule has 1 amide bonds. The van der Waals surface area contributed by atoms with Crippen molar-refractivity contribution in [2.45, 2.75) is 38.1 Å². The molecule has 1 atom stereocenters. The van der Waals surface area contributed by atoms with Gasteiger partial charge in [0, 0.05) is 19.5 Å². The maximum Gasteiger partial charge on any atom is 0.251 e. The van der Waals surface area contributed by atoms with E-state index in [1.807, 2.05) is 0 Å². The molecule has 1 fully saturated rings. The summed E-state index contributed by atoms with van der Waals surface area (Å²) >= 11 is 0. The summed E-state index contributed by atoms with van der Waals surface area (Å²) < 4.78 is 25.1. The number of halogens is 1. The predicted octanol–water partition coefficient (Wildman–Crippen LogP) is -0.155. The predicted molar refractivity (Wildman–Crippen MR) is 81.4 cm³/mol. The zero-order valence-corrected chi connectivity index (χ0v) is 13.3. The van der Waals surface area contributed by atoms with Crippen molar-refractivity contribution in [1.29, 1.82) is 0 Å². The molecule has 0 bridgehead atoms. The number of nitrogens with zero attached hydrogens (tertiary/aromatic N) is 2. The van der Waals surface area contributed by atoms with Gasteiger partial charge in [0.25, 0.3) is 10.0 Å². The van der Waals surface area contributed by atoms with E-state index in [0.29, 0.717) is 19.3 Å². The Balaban J connectivity index is 0.00000361. The molecule has 0 aromatic carbocycles. The summed E-state index contributed by atoms with van der Waals surface area (Å²) in [5, 5.41) is 0. The molecule has 1 saturated heterocycles. The zero-order valence-electron chi connectivity index (χ0n) is 11.6. The second-order valence-corrected chi connectivity index (χ2v) is 6.50. The van der Waals surface area contributed by atoms with Crippen LogP contribution in [0.2, 0.25) is 0 Å². The molecular formula is C11H23ClN4O3S. The quantitative estimate of drug-likeness (QED) is 0.519. The molecule has 1 aliphatic rings. The number of likely N-dealkylation sites (tertiary alicyclic amines) is 1. The molecule has 0 aromatic heterocycles. The van der Waals surface area contributed by atoms with Gasteiger partial charge in [-0.3, -0.25) is 4.79 Å². The fraction of sp³-hybridized carbons (Fsp3) is 0.818. The number of carbonyl (C=O) groups excluding carboxylic acids is 1. The number of carbonyl (C=O) groups is 1. The summed E-state index contributed by atoms with van der Waals surface area (Å²) in [5.74, 6) is 0.0273. The van der Waals surface area contributed by atoms with E-state index < -0.39 is 16.1 Å². The van der Waals surface area contributed by atoms with Gasteiger partial charge in [-0.25, -0.2) is 8.42 Å². The molecule has 118 valence electrons. The van der Waals surface area contributed by atoms with Crippen LogP contribution in [-0.2, 0) is 14.8 Å². The maximum absolute atomic E-state index is 11.9. The lowest BCUT2D eigenvalue weighted by atomic mass is 10.1. The first-order chi connectivity index (χ1) is 8.79. The Kier molecular flexibility index (Phi) is 8.07. The van der Waals surface area contributed by atoms with Crippen LogP contribution in [0, 0.1) is 0 Å². The van der Waals surface area contributed by atoms with Crippen LogP contribution in [0.25, 0.3) is 0 Å². The summed E-state index contributed by atoms with van der Waals surface area (Å²) in [5.41, 5.74) is 11.3. The van der Waals surface area contributed by atoms with Crippen molar-refractivity contribution in [2.75, 3.05) is 19.3 Å². The number of nitrogens with two attached hydrogens (primary N) is 2. The van der Waals surface area contributed by atoms with E-state index >= 15 is 0 Å². The number of amides is 1. The van der Waals surface area contributed by atoms with Gasteiger partial charge in [0.05, 0.1) is 12.3 Å². The van der Waals surface area contributed by atoms with Crippen molar-refractivity contribution in [2.24, 2.45) is 15.9 Å². The first kappa shape index (κ1) is 19.1. The van der Waals surface area contributed by atoms with Crippen molar-refractivity contribution in [3.63, 3.8) is 0 Å². The molecule has 0 aromatic rings. The highest BCUT2D eigenvalue weighted by Gasteiger charge is 2.23. The molecule has 1 aliphatic heterocycles. The highest BCUT2D eigenvalue weighted by atomic mass is 35.5. The average Bonchev–Trinajstić information content (AvgIpc) is 2.78. The van der Waals surface area contributed by atoms with E-state index in [1.165, 1.54) is 0 Å². The van der Waals surface area contributed by atoms with Gasteiger partial charge >= 0.3 is 0 Å². The van der Waals surface area contributed by atoms with E-state index in [0.717, 1.165) is 32.2 Å². The molecule has 0 aliphatic carbocycles. The lowest BCUT2D eigenvalue weighted by molar-refractivity contribution is -0.131. The number of sulfonamides is 1. The molecule has 20 heavy (non-hydrogen) atoms. The van der Waals surface area contributed by atoms with Gasteiger partial charge in [0.1, 0.15) is 5.84 Å². The Bertz CT molecular complexity index is 447. The monoisotopic (exact) mass is 326 g/mol. The van der Waals surface area contributed by atoms with Gasteiger partial charge in [-0.2, -0.15) is 4.40 Å². The van der Waals surface area contributed by atoms with Gasteiger partial charge in [0.15, 0.2) is 0 Å². The molecule has 0 spiro atoms. The molecule has 4 N–H and O–H groups in total. The smallest absolute Gasteiger partial charge is 0.251 e. The lowest BCUT2D eigenvalue weighted by Gasteiger charge is -2.19. The van der Waals surface area contributed by atoms with Crippen molar-refractivity contribution in [3.05, 3.63) is 0 Å². The van der Waals surface area contributed by atoms with E-state index in [2.05, 4.69) is 4.40 Å². The van der Waals surface area contributed by atoms with Crippen molar-refractivity contribution in [1.82, 2.24) is 4.90 Å². The Hall–Kier alpha value is -0.860. The van der Waals surface area contributed by atoms with Crippen LogP contribution in [-0.4, -0.2) is 50.4 Å². The average molecular weight is 327 g/mol. The number of hydrogen-bond acceptors (Lipinski definition) is 4. The van der Waals surface area contributed by atoms with Crippen LogP contribution >= 0.6 is 12.4 Å². The van der Waals surface area contributed by atoms with Gasteiger partial charge in [0.2, 0.25) is 5.91 Å².